The topological polar surface area (TPSA) is 75.7 Å². The molecule has 1 amide bonds. The first-order valence-electron chi connectivity index (χ1n) is 7.10. The Balaban J connectivity index is 2.15. The lowest BCUT2D eigenvalue weighted by Crippen LogP contribution is -2.35. The Hall–Kier alpha value is -1.80. The number of halogens is 2. The van der Waals surface area contributed by atoms with Crippen LogP contribution in [0.25, 0.3) is 0 Å². The van der Waals surface area contributed by atoms with Gasteiger partial charge in [0.1, 0.15) is 10.6 Å². The molecule has 1 N–H and O–H groups in total. The monoisotopic (exact) mass is 402 g/mol. The summed E-state index contributed by atoms with van der Waals surface area (Å²) in [4.78, 5) is 11.9. The van der Waals surface area contributed by atoms with E-state index in [9.17, 15) is 13.2 Å². The molecule has 0 unspecified atom stereocenters. The number of benzene rings is 2. The van der Waals surface area contributed by atoms with E-state index >= 15 is 0 Å². The third-order valence-electron chi connectivity index (χ3n) is 3.31. The van der Waals surface area contributed by atoms with Crippen LogP contribution < -0.4 is 10.1 Å². The van der Waals surface area contributed by atoms with Crippen LogP contribution in [0.2, 0.25) is 10.0 Å². The van der Waals surface area contributed by atoms with Gasteiger partial charge >= 0.3 is 0 Å². The molecule has 0 fully saturated rings. The first-order chi connectivity index (χ1) is 11.8. The summed E-state index contributed by atoms with van der Waals surface area (Å²) in [5.41, 5.74) is 0.492. The Bertz CT molecular complexity index is 867. The van der Waals surface area contributed by atoms with Gasteiger partial charge in [-0.3, -0.25) is 4.79 Å². The zero-order chi connectivity index (χ0) is 18.6. The fraction of sp³-hybridized carbons (Fsp3) is 0.188. The normalized spacial score (nSPS) is 11.4. The van der Waals surface area contributed by atoms with Crippen LogP contribution in [0.4, 0.5) is 5.69 Å². The lowest BCUT2D eigenvalue weighted by molar-refractivity contribution is -0.116. The van der Waals surface area contributed by atoms with Crippen LogP contribution in [0.5, 0.6) is 5.75 Å². The van der Waals surface area contributed by atoms with Gasteiger partial charge in [-0.25, -0.2) is 8.42 Å². The summed E-state index contributed by atoms with van der Waals surface area (Å²) in [6.07, 6.45) is 0. The maximum Gasteiger partial charge on any atom is 0.246 e. The van der Waals surface area contributed by atoms with E-state index in [0.29, 0.717) is 11.4 Å². The molecular formula is C16H16Cl2N2O4S. The molecule has 0 saturated heterocycles. The van der Waals surface area contributed by atoms with Gasteiger partial charge in [-0.1, -0.05) is 35.3 Å². The average Bonchev–Trinajstić information content (AvgIpc) is 2.54. The number of carbonyl (C=O) groups is 1. The van der Waals surface area contributed by atoms with E-state index < -0.39 is 22.5 Å². The summed E-state index contributed by atoms with van der Waals surface area (Å²) in [5.74, 6) is 0.0594. The Morgan fingerprint density at radius 3 is 2.36 bits per heavy atom. The molecule has 6 nitrogen and oxygen atoms in total. The summed E-state index contributed by atoms with van der Waals surface area (Å²) in [7, 11) is -1.23. The van der Waals surface area contributed by atoms with Gasteiger partial charge in [0.15, 0.2) is 0 Å². The Labute approximate surface area is 156 Å². The minimum absolute atomic E-state index is 0.00689. The summed E-state index contributed by atoms with van der Waals surface area (Å²) in [6.45, 7) is -0.402. The van der Waals surface area contributed by atoms with E-state index in [1.54, 1.807) is 30.3 Å². The minimum Gasteiger partial charge on any atom is -0.497 e. The predicted molar refractivity (Wildman–Crippen MR) is 97.9 cm³/mol. The molecule has 0 saturated carbocycles. The van der Waals surface area contributed by atoms with Gasteiger partial charge in [-0.2, -0.15) is 4.31 Å². The molecule has 134 valence electrons. The number of methoxy groups -OCH3 is 1. The molecule has 9 heteroatoms. The second-order valence-electron chi connectivity index (χ2n) is 5.09. The highest BCUT2D eigenvalue weighted by Gasteiger charge is 2.27. The van der Waals surface area contributed by atoms with E-state index in [2.05, 4.69) is 5.32 Å². The van der Waals surface area contributed by atoms with Gasteiger partial charge in [-0.15, -0.1) is 0 Å². The smallest absolute Gasteiger partial charge is 0.246 e. The van der Waals surface area contributed by atoms with Gasteiger partial charge in [0.25, 0.3) is 0 Å². The largest absolute Gasteiger partial charge is 0.497 e. The maximum absolute atomic E-state index is 12.6. The molecule has 0 aromatic heterocycles. The Morgan fingerprint density at radius 2 is 1.76 bits per heavy atom. The van der Waals surface area contributed by atoms with E-state index in [1.165, 1.54) is 26.3 Å². The summed E-state index contributed by atoms with van der Waals surface area (Å²) in [5, 5.41) is 2.60. The van der Waals surface area contributed by atoms with Crippen LogP contribution in [-0.2, 0) is 14.8 Å². The molecule has 2 aromatic carbocycles. The fourth-order valence-corrected chi connectivity index (χ4v) is 4.28. The van der Waals surface area contributed by atoms with E-state index in [0.717, 1.165) is 4.31 Å². The minimum atomic E-state index is -4.02. The van der Waals surface area contributed by atoms with Crippen molar-refractivity contribution in [3.8, 4) is 5.75 Å². The molecule has 0 heterocycles. The van der Waals surface area contributed by atoms with Gasteiger partial charge < -0.3 is 10.1 Å². The van der Waals surface area contributed by atoms with Crippen LogP contribution in [0.1, 0.15) is 0 Å². The Kier molecular flexibility index (Phi) is 6.29. The van der Waals surface area contributed by atoms with Crippen LogP contribution >= 0.6 is 23.2 Å². The van der Waals surface area contributed by atoms with Crippen molar-refractivity contribution in [1.82, 2.24) is 4.31 Å². The number of ether oxygens (including phenoxy) is 1. The molecule has 2 aromatic rings. The van der Waals surface area contributed by atoms with Crippen LogP contribution in [0.3, 0.4) is 0 Å². The van der Waals surface area contributed by atoms with Crippen molar-refractivity contribution in [1.29, 1.82) is 0 Å². The van der Waals surface area contributed by atoms with Crippen molar-refractivity contribution >= 4 is 44.8 Å². The number of nitrogens with one attached hydrogen (secondary N) is 1. The molecule has 2 rings (SSSR count). The van der Waals surface area contributed by atoms with Crippen molar-refractivity contribution in [3.05, 3.63) is 52.5 Å². The van der Waals surface area contributed by atoms with Crippen molar-refractivity contribution in [2.45, 2.75) is 4.90 Å². The lowest BCUT2D eigenvalue weighted by Gasteiger charge is -2.18. The molecule has 25 heavy (non-hydrogen) atoms. The molecule has 0 aliphatic carbocycles. The van der Waals surface area contributed by atoms with Gasteiger partial charge in [0.2, 0.25) is 15.9 Å². The SMILES string of the molecule is COc1cccc(NC(=O)CN(C)S(=O)(=O)c2c(Cl)cccc2Cl)c1. The number of anilines is 1. The van der Waals surface area contributed by atoms with Gasteiger partial charge in [-0.05, 0) is 24.3 Å². The highest BCUT2D eigenvalue weighted by Crippen LogP contribution is 2.30. The quantitative estimate of drug-likeness (QED) is 0.804. The number of likely N-dealkylation sites (N-methyl/N-ethyl adjacent to an activating group) is 1. The predicted octanol–water partition coefficient (Wildman–Crippen LogP) is 3.26. The third-order valence-corrected chi connectivity index (χ3v) is 6.07. The first kappa shape index (κ1) is 19.5. The zero-order valence-corrected chi connectivity index (χ0v) is 15.8. The van der Waals surface area contributed by atoms with Crippen LogP contribution in [0.15, 0.2) is 47.4 Å². The third kappa shape index (κ3) is 4.64. The highest BCUT2D eigenvalue weighted by atomic mass is 35.5. The molecule has 0 spiro atoms. The van der Waals surface area contributed by atoms with Crippen LogP contribution in [-0.4, -0.2) is 39.3 Å². The first-order valence-corrected chi connectivity index (χ1v) is 9.29. The summed E-state index contributed by atoms with van der Waals surface area (Å²) in [6, 6.07) is 11.1. The van der Waals surface area contributed by atoms with Crippen LogP contribution in [0, 0.1) is 0 Å². The molecular weight excluding hydrogens is 387 g/mol. The number of sulfonamides is 1. The van der Waals surface area contributed by atoms with E-state index in [4.69, 9.17) is 27.9 Å². The number of hydrogen-bond donors (Lipinski definition) is 1. The highest BCUT2D eigenvalue weighted by molar-refractivity contribution is 7.89. The molecule has 0 bridgehead atoms. The molecule has 0 aliphatic rings. The number of carbonyl (C=O) groups excluding carboxylic acids is 1. The standard InChI is InChI=1S/C16H16Cl2N2O4S/c1-20(25(22,23)16-13(17)7-4-8-14(16)18)10-15(21)19-11-5-3-6-12(9-11)24-2/h3-9H,10H2,1-2H3,(H,19,21). The molecule has 0 atom stereocenters. The second kappa shape index (κ2) is 8.05. The number of amides is 1. The summed E-state index contributed by atoms with van der Waals surface area (Å²) < 4.78 is 31.2. The average molecular weight is 403 g/mol. The Morgan fingerprint density at radius 1 is 1.16 bits per heavy atom. The maximum atomic E-state index is 12.6. The van der Waals surface area contributed by atoms with Crippen molar-refractivity contribution in [2.75, 3.05) is 26.0 Å². The van der Waals surface area contributed by atoms with Gasteiger partial charge in [0, 0.05) is 18.8 Å². The van der Waals surface area contributed by atoms with E-state index in [1.807, 2.05) is 0 Å². The molecule has 0 radical (unpaired) electrons. The summed E-state index contributed by atoms with van der Waals surface area (Å²) >= 11 is 11.9. The number of hydrogen-bond acceptors (Lipinski definition) is 4. The number of nitrogens with zero attached hydrogens (tertiary/aromatic N) is 1. The fourth-order valence-electron chi connectivity index (χ4n) is 2.07. The van der Waals surface area contributed by atoms with Crippen molar-refractivity contribution in [2.24, 2.45) is 0 Å². The zero-order valence-electron chi connectivity index (χ0n) is 13.5. The van der Waals surface area contributed by atoms with E-state index in [-0.39, 0.29) is 14.9 Å². The second-order valence-corrected chi connectivity index (χ2v) is 7.89. The molecule has 0 aliphatic heterocycles. The van der Waals surface area contributed by atoms with Crippen molar-refractivity contribution in [3.63, 3.8) is 0 Å². The lowest BCUT2D eigenvalue weighted by atomic mass is 10.3. The van der Waals surface area contributed by atoms with Crippen molar-refractivity contribution < 1.29 is 17.9 Å². The number of rotatable bonds is 6. The van der Waals surface area contributed by atoms with Gasteiger partial charge in [0.05, 0.1) is 23.7 Å².